The molecule has 2 aromatic rings. The lowest BCUT2D eigenvalue weighted by atomic mass is 10.3. The molecule has 10 heteroatoms. The van der Waals surface area contributed by atoms with E-state index in [-0.39, 0.29) is 33.9 Å². The number of nitrogens with one attached hydrogen (secondary N) is 1. The molecule has 0 unspecified atom stereocenters. The molecule has 1 aromatic heterocycles. The molecule has 0 radical (unpaired) electrons. The second-order valence-electron chi connectivity index (χ2n) is 5.39. The third-order valence-corrected chi connectivity index (χ3v) is 5.96. The Bertz CT molecular complexity index is 909. The summed E-state index contributed by atoms with van der Waals surface area (Å²) in [4.78, 5) is 11.5. The van der Waals surface area contributed by atoms with Gasteiger partial charge in [0.2, 0.25) is 15.8 Å². The minimum Gasteiger partial charge on any atom is -0.460 e. The van der Waals surface area contributed by atoms with E-state index in [0.717, 1.165) is 4.31 Å². The van der Waals surface area contributed by atoms with E-state index < -0.39 is 16.0 Å². The molecule has 0 aliphatic carbocycles. The molecule has 142 valence electrons. The first kappa shape index (κ1) is 20.6. The molecule has 0 atom stereocenters. The van der Waals surface area contributed by atoms with Gasteiger partial charge in [-0.1, -0.05) is 23.2 Å². The topological polar surface area (TPSA) is 88.8 Å². The van der Waals surface area contributed by atoms with Crippen molar-refractivity contribution in [2.45, 2.75) is 18.4 Å². The van der Waals surface area contributed by atoms with E-state index in [0.29, 0.717) is 11.4 Å². The lowest BCUT2D eigenvalue weighted by Crippen LogP contribution is -2.22. The maximum absolute atomic E-state index is 12.3. The lowest BCUT2D eigenvalue weighted by molar-refractivity contribution is 0.0488. The molecule has 1 heterocycles. The van der Waals surface area contributed by atoms with Crippen LogP contribution in [0.3, 0.4) is 0 Å². The van der Waals surface area contributed by atoms with Crippen LogP contribution in [0.5, 0.6) is 0 Å². The maximum Gasteiger partial charge on any atom is 0.374 e. The van der Waals surface area contributed by atoms with E-state index >= 15 is 0 Å². The van der Waals surface area contributed by atoms with E-state index in [4.69, 9.17) is 32.4 Å². The molecule has 0 bridgehead atoms. The zero-order valence-corrected chi connectivity index (χ0v) is 16.7. The fourth-order valence-corrected chi connectivity index (χ4v) is 3.73. The maximum atomic E-state index is 12.3. The Balaban J connectivity index is 2.21. The predicted octanol–water partition coefficient (Wildman–Crippen LogP) is 3.63. The van der Waals surface area contributed by atoms with Gasteiger partial charge in [-0.25, -0.2) is 17.5 Å². The van der Waals surface area contributed by atoms with Crippen LogP contribution in [-0.2, 0) is 21.3 Å². The molecule has 26 heavy (non-hydrogen) atoms. The van der Waals surface area contributed by atoms with Crippen LogP contribution in [0.1, 0.15) is 23.2 Å². The quantitative estimate of drug-likeness (QED) is 0.687. The first-order valence-corrected chi connectivity index (χ1v) is 9.77. The van der Waals surface area contributed by atoms with Gasteiger partial charge in [-0.05, 0) is 31.2 Å². The molecule has 7 nitrogen and oxygen atoms in total. The molecule has 0 spiro atoms. The van der Waals surface area contributed by atoms with Crippen LogP contribution < -0.4 is 5.32 Å². The van der Waals surface area contributed by atoms with Crippen molar-refractivity contribution in [2.75, 3.05) is 26.0 Å². The Morgan fingerprint density at radius 3 is 2.54 bits per heavy atom. The second-order valence-corrected chi connectivity index (χ2v) is 8.32. The third-order valence-electron chi connectivity index (χ3n) is 3.37. The number of ether oxygens (including phenoxy) is 1. The standard InChI is InChI=1S/C16H18Cl2N2O5S/c1-4-24-16(21)14-6-5-10(25-14)9-19-13-8-15(12(18)7-11(13)17)26(22,23)20(2)3/h5-8,19H,4,9H2,1-3H3. The van der Waals surface area contributed by atoms with E-state index in [9.17, 15) is 13.2 Å². The molecule has 0 aliphatic heterocycles. The van der Waals surface area contributed by atoms with Gasteiger partial charge in [0.1, 0.15) is 10.7 Å². The van der Waals surface area contributed by atoms with Crippen molar-refractivity contribution in [3.8, 4) is 0 Å². The minimum atomic E-state index is -3.73. The molecule has 0 aliphatic rings. The fraction of sp³-hybridized carbons (Fsp3) is 0.312. The minimum absolute atomic E-state index is 0.0249. The van der Waals surface area contributed by atoms with Crippen LogP contribution in [0.2, 0.25) is 10.0 Å². The highest BCUT2D eigenvalue weighted by molar-refractivity contribution is 7.89. The van der Waals surface area contributed by atoms with E-state index in [1.54, 1.807) is 13.0 Å². The Labute approximate surface area is 161 Å². The van der Waals surface area contributed by atoms with Crippen molar-refractivity contribution >= 4 is 44.9 Å². The van der Waals surface area contributed by atoms with Crippen LogP contribution in [0.4, 0.5) is 5.69 Å². The van der Waals surface area contributed by atoms with Crippen molar-refractivity contribution in [3.05, 3.63) is 45.8 Å². The van der Waals surface area contributed by atoms with E-state index in [1.165, 1.54) is 32.3 Å². The Kier molecular flexibility index (Phi) is 6.57. The summed E-state index contributed by atoms with van der Waals surface area (Å²) in [6.45, 7) is 2.13. The van der Waals surface area contributed by atoms with Gasteiger partial charge in [-0.15, -0.1) is 0 Å². The van der Waals surface area contributed by atoms with Crippen LogP contribution >= 0.6 is 23.2 Å². The van der Waals surface area contributed by atoms with Gasteiger partial charge in [0.05, 0.1) is 28.9 Å². The lowest BCUT2D eigenvalue weighted by Gasteiger charge is -2.15. The smallest absolute Gasteiger partial charge is 0.374 e. The third kappa shape index (κ3) is 4.50. The number of rotatable bonds is 7. The van der Waals surface area contributed by atoms with Crippen LogP contribution in [-0.4, -0.2) is 39.4 Å². The number of sulfonamides is 1. The SMILES string of the molecule is CCOC(=O)c1ccc(CNc2cc(S(=O)(=O)N(C)C)c(Cl)cc2Cl)o1. The zero-order chi connectivity index (χ0) is 19.5. The van der Waals surface area contributed by atoms with Crippen LogP contribution in [0.25, 0.3) is 0 Å². The number of halogens is 2. The summed E-state index contributed by atoms with van der Waals surface area (Å²) in [6, 6.07) is 5.82. The monoisotopic (exact) mass is 420 g/mol. The number of nitrogens with zero attached hydrogens (tertiary/aromatic N) is 1. The average Bonchev–Trinajstić information content (AvgIpc) is 3.03. The highest BCUT2D eigenvalue weighted by Crippen LogP contribution is 2.33. The van der Waals surface area contributed by atoms with Crippen molar-refractivity contribution in [1.29, 1.82) is 0 Å². The summed E-state index contributed by atoms with van der Waals surface area (Å²) >= 11 is 12.2. The Morgan fingerprint density at radius 2 is 1.92 bits per heavy atom. The van der Waals surface area contributed by atoms with Crippen LogP contribution in [0, 0.1) is 0 Å². The van der Waals surface area contributed by atoms with Gasteiger partial charge in [-0.3, -0.25) is 0 Å². The first-order chi connectivity index (χ1) is 12.2. The van der Waals surface area contributed by atoms with Gasteiger partial charge < -0.3 is 14.5 Å². The summed E-state index contributed by atoms with van der Waals surface area (Å²) in [5, 5.41) is 3.25. The number of carbonyl (C=O) groups is 1. The second kappa shape index (κ2) is 8.30. The van der Waals surface area contributed by atoms with Gasteiger partial charge in [-0.2, -0.15) is 0 Å². The van der Waals surface area contributed by atoms with Crippen molar-refractivity contribution in [3.63, 3.8) is 0 Å². The average molecular weight is 421 g/mol. The molecule has 0 saturated carbocycles. The van der Waals surface area contributed by atoms with Crippen molar-refractivity contribution in [1.82, 2.24) is 4.31 Å². The fourth-order valence-electron chi connectivity index (χ4n) is 2.03. The summed E-state index contributed by atoms with van der Waals surface area (Å²) in [5.41, 5.74) is 0.366. The van der Waals surface area contributed by atoms with Gasteiger partial charge in [0.15, 0.2) is 0 Å². The number of furan rings is 1. The number of hydrogen-bond donors (Lipinski definition) is 1. The van der Waals surface area contributed by atoms with E-state index in [1.807, 2.05) is 0 Å². The number of anilines is 1. The summed E-state index contributed by atoms with van der Waals surface area (Å²) in [6.07, 6.45) is 0. The Morgan fingerprint density at radius 1 is 1.23 bits per heavy atom. The summed E-state index contributed by atoms with van der Waals surface area (Å²) in [7, 11) is -0.905. The molecule has 2 rings (SSSR count). The zero-order valence-electron chi connectivity index (χ0n) is 14.4. The number of carbonyl (C=O) groups excluding carboxylic acids is 1. The highest BCUT2D eigenvalue weighted by atomic mass is 35.5. The van der Waals surface area contributed by atoms with Crippen molar-refractivity contribution < 1.29 is 22.4 Å². The van der Waals surface area contributed by atoms with Gasteiger partial charge in [0.25, 0.3) is 0 Å². The molecule has 1 N–H and O–H groups in total. The highest BCUT2D eigenvalue weighted by Gasteiger charge is 2.22. The van der Waals surface area contributed by atoms with Gasteiger partial charge >= 0.3 is 5.97 Å². The molecule has 1 aromatic carbocycles. The molecule has 0 fully saturated rings. The van der Waals surface area contributed by atoms with Crippen LogP contribution in [0.15, 0.2) is 33.6 Å². The molecular formula is C16H18Cl2N2O5S. The number of benzene rings is 1. The Hall–Kier alpha value is -1.74. The largest absolute Gasteiger partial charge is 0.460 e. The van der Waals surface area contributed by atoms with Crippen molar-refractivity contribution in [2.24, 2.45) is 0 Å². The molecule has 0 amide bonds. The first-order valence-electron chi connectivity index (χ1n) is 7.58. The number of hydrogen-bond acceptors (Lipinski definition) is 6. The summed E-state index contributed by atoms with van der Waals surface area (Å²) < 4.78 is 36.0. The molecule has 0 saturated heterocycles. The number of esters is 1. The normalized spacial score (nSPS) is 11.6. The van der Waals surface area contributed by atoms with Gasteiger partial charge in [0, 0.05) is 14.1 Å². The predicted molar refractivity (Wildman–Crippen MR) is 99.3 cm³/mol. The summed E-state index contributed by atoms with van der Waals surface area (Å²) in [5.74, 6) is -0.0135. The van der Waals surface area contributed by atoms with E-state index in [2.05, 4.69) is 5.32 Å². The molecular weight excluding hydrogens is 403 g/mol.